The van der Waals surface area contributed by atoms with Crippen molar-refractivity contribution in [2.24, 2.45) is 11.8 Å². The maximum absolute atomic E-state index is 13.1. The van der Waals surface area contributed by atoms with E-state index in [9.17, 15) is 4.39 Å². The minimum absolute atomic E-state index is 0.114. The second kappa shape index (κ2) is 5.81. The summed E-state index contributed by atoms with van der Waals surface area (Å²) in [5.41, 5.74) is 1.14. The zero-order chi connectivity index (χ0) is 11.4. The molecule has 0 nitrogen and oxygen atoms in total. The summed E-state index contributed by atoms with van der Waals surface area (Å²) in [6, 6.07) is 7.03. The highest BCUT2D eigenvalue weighted by Crippen LogP contribution is 2.34. The summed E-state index contributed by atoms with van der Waals surface area (Å²) in [6.45, 7) is 0. The minimum atomic E-state index is -0.114. The molecule has 0 aromatic heterocycles. The number of benzene rings is 1. The van der Waals surface area contributed by atoms with Gasteiger partial charge in [0.2, 0.25) is 0 Å². The molecule has 1 saturated carbocycles. The Morgan fingerprint density at radius 1 is 1.31 bits per heavy atom. The fraction of sp³-hybridized carbons (Fsp3) is 0.571. The van der Waals surface area contributed by atoms with Crippen molar-refractivity contribution in [3.05, 3.63) is 35.6 Å². The van der Waals surface area contributed by atoms with E-state index in [4.69, 9.17) is 0 Å². The van der Waals surface area contributed by atoms with Gasteiger partial charge in [0.05, 0.1) is 0 Å². The van der Waals surface area contributed by atoms with Crippen LogP contribution in [0.3, 0.4) is 0 Å². The molecule has 0 saturated heterocycles. The van der Waals surface area contributed by atoms with Crippen molar-refractivity contribution < 1.29 is 4.39 Å². The fourth-order valence-corrected chi connectivity index (χ4v) is 3.50. The van der Waals surface area contributed by atoms with Gasteiger partial charge < -0.3 is 0 Å². The van der Waals surface area contributed by atoms with Gasteiger partial charge >= 0.3 is 0 Å². The summed E-state index contributed by atoms with van der Waals surface area (Å²) in [5, 5.41) is 1.04. The van der Waals surface area contributed by atoms with E-state index in [-0.39, 0.29) is 5.82 Å². The van der Waals surface area contributed by atoms with Gasteiger partial charge in [0, 0.05) is 5.33 Å². The van der Waals surface area contributed by atoms with Gasteiger partial charge in [-0.2, -0.15) is 0 Å². The molecule has 2 heteroatoms. The molecule has 1 aromatic carbocycles. The van der Waals surface area contributed by atoms with Gasteiger partial charge in [0.15, 0.2) is 0 Å². The van der Waals surface area contributed by atoms with E-state index in [1.807, 2.05) is 12.1 Å². The Kier molecular flexibility index (Phi) is 4.39. The molecule has 0 heterocycles. The van der Waals surface area contributed by atoms with Crippen LogP contribution in [0.2, 0.25) is 0 Å². The molecule has 1 aromatic rings. The largest absolute Gasteiger partial charge is 0.207 e. The lowest BCUT2D eigenvalue weighted by atomic mass is 9.87. The van der Waals surface area contributed by atoms with Gasteiger partial charge in [0.25, 0.3) is 0 Å². The summed E-state index contributed by atoms with van der Waals surface area (Å²) in [5.74, 6) is 1.39. The lowest BCUT2D eigenvalue weighted by molar-refractivity contribution is 0.372. The third-order valence-corrected chi connectivity index (χ3v) is 4.48. The number of halogens is 2. The van der Waals surface area contributed by atoms with E-state index < -0.39 is 0 Å². The third kappa shape index (κ3) is 3.07. The summed E-state index contributed by atoms with van der Waals surface area (Å²) in [6.07, 6.45) is 6.46. The number of hydrogen-bond acceptors (Lipinski definition) is 0. The summed E-state index contributed by atoms with van der Waals surface area (Å²) in [4.78, 5) is 0. The third-order valence-electron chi connectivity index (χ3n) is 3.65. The molecule has 88 valence electrons. The maximum Gasteiger partial charge on any atom is 0.123 e. The Balaban J connectivity index is 2.00. The number of hydrogen-bond donors (Lipinski definition) is 0. The van der Waals surface area contributed by atoms with Gasteiger partial charge in [-0.25, -0.2) is 4.39 Å². The molecule has 0 aliphatic heterocycles. The Labute approximate surface area is 105 Å². The summed E-state index contributed by atoms with van der Waals surface area (Å²) in [7, 11) is 0. The smallest absolute Gasteiger partial charge is 0.123 e. The van der Waals surface area contributed by atoms with Crippen LogP contribution < -0.4 is 0 Å². The van der Waals surface area contributed by atoms with E-state index in [0.29, 0.717) is 5.92 Å². The molecule has 0 amide bonds. The molecule has 1 fully saturated rings. The monoisotopic (exact) mass is 284 g/mol. The lowest BCUT2D eigenvalue weighted by Gasteiger charge is -2.21. The van der Waals surface area contributed by atoms with E-state index in [1.54, 1.807) is 6.07 Å². The van der Waals surface area contributed by atoms with Crippen LogP contribution in [0.5, 0.6) is 0 Å². The maximum atomic E-state index is 13.1. The van der Waals surface area contributed by atoms with Gasteiger partial charge in [-0.3, -0.25) is 0 Å². The molecular formula is C14H18BrF. The Morgan fingerprint density at radius 2 is 2.06 bits per heavy atom. The lowest BCUT2D eigenvalue weighted by Crippen LogP contribution is -2.16. The quantitative estimate of drug-likeness (QED) is 0.711. The predicted molar refractivity (Wildman–Crippen MR) is 69.3 cm³/mol. The van der Waals surface area contributed by atoms with Crippen molar-refractivity contribution in [3.63, 3.8) is 0 Å². The van der Waals surface area contributed by atoms with E-state index in [2.05, 4.69) is 15.9 Å². The Bertz CT molecular complexity index is 331. The van der Waals surface area contributed by atoms with Crippen molar-refractivity contribution >= 4 is 15.9 Å². The van der Waals surface area contributed by atoms with Crippen LogP contribution in [-0.2, 0) is 6.42 Å². The summed E-state index contributed by atoms with van der Waals surface area (Å²) < 4.78 is 13.1. The molecule has 0 bridgehead atoms. The van der Waals surface area contributed by atoms with Crippen LogP contribution in [-0.4, -0.2) is 5.33 Å². The second-order valence-electron chi connectivity index (χ2n) is 4.79. The van der Waals surface area contributed by atoms with Crippen molar-refractivity contribution in [3.8, 4) is 0 Å². The predicted octanol–water partition coefficient (Wildman–Crippen LogP) is 4.57. The molecule has 16 heavy (non-hydrogen) atoms. The fourth-order valence-electron chi connectivity index (χ4n) is 2.74. The molecule has 2 rings (SSSR count). The van der Waals surface area contributed by atoms with Crippen molar-refractivity contribution in [2.45, 2.75) is 32.1 Å². The molecule has 1 aliphatic rings. The van der Waals surface area contributed by atoms with Crippen molar-refractivity contribution in [2.75, 3.05) is 5.33 Å². The SMILES string of the molecule is Fc1cccc(CC(CBr)C2CCCC2)c1. The first-order chi connectivity index (χ1) is 7.79. The molecule has 0 spiro atoms. The van der Waals surface area contributed by atoms with Crippen molar-refractivity contribution in [1.82, 2.24) is 0 Å². The van der Waals surface area contributed by atoms with E-state index in [0.717, 1.165) is 23.2 Å². The van der Waals surface area contributed by atoms with Crippen LogP contribution in [0.1, 0.15) is 31.2 Å². The van der Waals surface area contributed by atoms with Crippen molar-refractivity contribution in [1.29, 1.82) is 0 Å². The molecule has 0 N–H and O–H groups in total. The average Bonchev–Trinajstić information content (AvgIpc) is 2.79. The van der Waals surface area contributed by atoms with Gasteiger partial charge in [-0.05, 0) is 36.0 Å². The zero-order valence-corrected chi connectivity index (χ0v) is 11.0. The Morgan fingerprint density at radius 3 is 2.69 bits per heavy atom. The zero-order valence-electron chi connectivity index (χ0n) is 9.46. The van der Waals surface area contributed by atoms with Crippen LogP contribution in [0, 0.1) is 17.7 Å². The standard InChI is InChI=1S/C14H18BrF/c15-10-13(12-5-1-2-6-12)8-11-4-3-7-14(16)9-11/h3-4,7,9,12-13H,1-2,5-6,8,10H2. The average molecular weight is 285 g/mol. The molecule has 0 radical (unpaired) electrons. The van der Waals surface area contributed by atoms with E-state index >= 15 is 0 Å². The van der Waals surface area contributed by atoms with Crippen LogP contribution in [0.25, 0.3) is 0 Å². The van der Waals surface area contributed by atoms with Crippen LogP contribution >= 0.6 is 15.9 Å². The van der Waals surface area contributed by atoms with Crippen LogP contribution in [0.15, 0.2) is 24.3 Å². The highest BCUT2D eigenvalue weighted by Gasteiger charge is 2.24. The topological polar surface area (TPSA) is 0 Å². The number of alkyl halides is 1. The van der Waals surface area contributed by atoms with Crippen LogP contribution in [0.4, 0.5) is 4.39 Å². The minimum Gasteiger partial charge on any atom is -0.207 e. The van der Waals surface area contributed by atoms with Gasteiger partial charge in [0.1, 0.15) is 5.82 Å². The first kappa shape index (κ1) is 12.1. The molecular weight excluding hydrogens is 267 g/mol. The highest BCUT2D eigenvalue weighted by molar-refractivity contribution is 9.09. The molecule has 1 atom stereocenters. The molecule has 1 aliphatic carbocycles. The summed E-state index contributed by atoms with van der Waals surface area (Å²) >= 11 is 3.61. The molecule has 1 unspecified atom stereocenters. The first-order valence-electron chi connectivity index (χ1n) is 6.10. The normalized spacial score (nSPS) is 18.9. The number of rotatable bonds is 4. The highest BCUT2D eigenvalue weighted by atomic mass is 79.9. The van der Waals surface area contributed by atoms with E-state index in [1.165, 1.54) is 31.7 Å². The second-order valence-corrected chi connectivity index (χ2v) is 5.44. The van der Waals surface area contributed by atoms with Gasteiger partial charge in [-0.15, -0.1) is 0 Å². The Hall–Kier alpha value is -0.370. The first-order valence-corrected chi connectivity index (χ1v) is 7.22. The van der Waals surface area contributed by atoms with Gasteiger partial charge in [-0.1, -0.05) is 53.7 Å².